The Morgan fingerprint density at radius 3 is 2.73 bits per heavy atom. The number of benzene rings is 2. The number of nitro groups is 1. The van der Waals surface area contributed by atoms with Crippen molar-refractivity contribution in [1.82, 2.24) is 0 Å². The fourth-order valence-electron chi connectivity index (χ4n) is 1.61. The molecule has 5 nitrogen and oxygen atoms in total. The van der Waals surface area contributed by atoms with Crippen LogP contribution in [0.1, 0.15) is 0 Å². The van der Waals surface area contributed by atoms with Crippen LogP contribution in [0.3, 0.4) is 0 Å². The van der Waals surface area contributed by atoms with Crippen molar-refractivity contribution in [3.05, 3.63) is 63.4 Å². The van der Waals surface area contributed by atoms with E-state index in [1.165, 1.54) is 24.3 Å². The molecule has 0 heterocycles. The van der Waals surface area contributed by atoms with Crippen molar-refractivity contribution >= 4 is 40.6 Å². The maximum atomic E-state index is 13.4. The molecule has 1 amide bonds. The highest BCUT2D eigenvalue weighted by molar-refractivity contribution is 8.00. The van der Waals surface area contributed by atoms with Crippen LogP contribution >= 0.6 is 23.4 Å². The first-order valence-corrected chi connectivity index (χ1v) is 7.45. The summed E-state index contributed by atoms with van der Waals surface area (Å²) in [6, 6.07) is 9.84. The van der Waals surface area contributed by atoms with Crippen LogP contribution in [0, 0.1) is 15.9 Å². The van der Waals surface area contributed by atoms with Crippen molar-refractivity contribution in [2.24, 2.45) is 0 Å². The first-order chi connectivity index (χ1) is 10.5. The van der Waals surface area contributed by atoms with Crippen molar-refractivity contribution in [1.29, 1.82) is 0 Å². The number of nitrogens with one attached hydrogen (secondary N) is 1. The molecule has 0 aliphatic rings. The minimum atomic E-state index is -0.583. The standard InChI is InChI=1S/C14H10ClFN2O3S/c15-10-6-5-9(18(20)21)7-12(10)17-14(19)8-22-13-4-2-1-3-11(13)16/h1-7H,8H2,(H,17,19). The van der Waals surface area contributed by atoms with Crippen LogP contribution in [0.4, 0.5) is 15.8 Å². The van der Waals surface area contributed by atoms with E-state index in [9.17, 15) is 19.3 Å². The summed E-state index contributed by atoms with van der Waals surface area (Å²) in [4.78, 5) is 22.3. The summed E-state index contributed by atoms with van der Waals surface area (Å²) < 4.78 is 13.4. The SMILES string of the molecule is O=C(CSc1ccccc1F)Nc1cc([N+](=O)[O-])ccc1Cl. The van der Waals surface area contributed by atoms with E-state index in [4.69, 9.17) is 11.6 Å². The molecule has 0 unspecified atom stereocenters. The Balaban J connectivity index is 2.02. The second kappa shape index (κ2) is 7.24. The summed E-state index contributed by atoms with van der Waals surface area (Å²) in [7, 11) is 0. The molecule has 0 aliphatic carbocycles. The van der Waals surface area contributed by atoms with Gasteiger partial charge in [-0.2, -0.15) is 0 Å². The lowest BCUT2D eigenvalue weighted by atomic mass is 10.3. The smallest absolute Gasteiger partial charge is 0.271 e. The van der Waals surface area contributed by atoms with Crippen LogP contribution in [0.2, 0.25) is 5.02 Å². The summed E-state index contributed by atoms with van der Waals surface area (Å²) in [5.41, 5.74) is -0.0311. The predicted octanol–water partition coefficient (Wildman–Crippen LogP) is 4.12. The highest BCUT2D eigenvalue weighted by Gasteiger charge is 2.13. The normalized spacial score (nSPS) is 10.3. The van der Waals surface area contributed by atoms with Crippen LogP contribution < -0.4 is 5.32 Å². The predicted molar refractivity (Wildman–Crippen MR) is 83.9 cm³/mol. The number of anilines is 1. The molecule has 0 spiro atoms. The zero-order valence-electron chi connectivity index (χ0n) is 11.1. The van der Waals surface area contributed by atoms with Crippen molar-refractivity contribution in [3.63, 3.8) is 0 Å². The molecular formula is C14H10ClFN2O3S. The number of hydrogen-bond acceptors (Lipinski definition) is 4. The Bertz CT molecular complexity index is 727. The average molecular weight is 341 g/mol. The summed E-state index contributed by atoms with van der Waals surface area (Å²) >= 11 is 6.91. The molecule has 0 radical (unpaired) electrons. The Labute approximate surface area is 134 Å². The number of non-ortho nitro benzene ring substituents is 1. The highest BCUT2D eigenvalue weighted by atomic mass is 35.5. The van der Waals surface area contributed by atoms with Crippen LogP contribution in [-0.4, -0.2) is 16.6 Å². The van der Waals surface area contributed by atoms with E-state index in [1.54, 1.807) is 18.2 Å². The van der Waals surface area contributed by atoms with Crippen molar-refractivity contribution in [3.8, 4) is 0 Å². The molecule has 2 rings (SSSR count). The number of amides is 1. The van der Waals surface area contributed by atoms with E-state index < -0.39 is 16.6 Å². The summed E-state index contributed by atoms with van der Waals surface area (Å²) in [6.07, 6.45) is 0. The molecule has 22 heavy (non-hydrogen) atoms. The second-order valence-corrected chi connectivity index (χ2v) is 5.61. The summed E-state index contributed by atoms with van der Waals surface area (Å²) in [6.45, 7) is 0. The number of nitrogens with zero attached hydrogens (tertiary/aromatic N) is 1. The van der Waals surface area contributed by atoms with Gasteiger partial charge in [-0.05, 0) is 18.2 Å². The molecule has 0 fully saturated rings. The van der Waals surface area contributed by atoms with Crippen LogP contribution in [0.5, 0.6) is 0 Å². The number of nitro benzene ring substituents is 1. The van der Waals surface area contributed by atoms with Gasteiger partial charge < -0.3 is 5.32 Å². The lowest BCUT2D eigenvalue weighted by molar-refractivity contribution is -0.384. The van der Waals surface area contributed by atoms with Crippen LogP contribution in [0.15, 0.2) is 47.4 Å². The molecule has 0 atom stereocenters. The molecule has 0 bridgehead atoms. The van der Waals surface area contributed by atoms with Gasteiger partial charge in [-0.15, -0.1) is 11.8 Å². The van der Waals surface area contributed by atoms with Gasteiger partial charge >= 0.3 is 0 Å². The quantitative estimate of drug-likeness (QED) is 0.505. The summed E-state index contributed by atoms with van der Waals surface area (Å²) in [5, 5.41) is 13.4. The molecule has 2 aromatic carbocycles. The van der Waals surface area contributed by atoms with Gasteiger partial charge in [0.1, 0.15) is 5.82 Å². The topological polar surface area (TPSA) is 72.2 Å². The van der Waals surface area contributed by atoms with Gasteiger partial charge in [-0.1, -0.05) is 23.7 Å². The fraction of sp³-hybridized carbons (Fsp3) is 0.0714. The van der Waals surface area contributed by atoms with Gasteiger partial charge in [0, 0.05) is 17.0 Å². The van der Waals surface area contributed by atoms with Crippen molar-refractivity contribution < 1.29 is 14.1 Å². The molecule has 0 saturated carbocycles. The molecule has 0 aliphatic heterocycles. The maximum Gasteiger partial charge on any atom is 0.271 e. The van der Waals surface area contributed by atoms with Crippen molar-refractivity contribution in [2.45, 2.75) is 4.90 Å². The Morgan fingerprint density at radius 1 is 1.32 bits per heavy atom. The number of hydrogen-bond donors (Lipinski definition) is 1. The van der Waals surface area contributed by atoms with E-state index in [0.717, 1.165) is 11.8 Å². The molecule has 8 heteroatoms. The minimum absolute atomic E-state index is 0.0417. The lowest BCUT2D eigenvalue weighted by Crippen LogP contribution is -2.14. The van der Waals surface area contributed by atoms with Crippen LogP contribution in [0.25, 0.3) is 0 Å². The molecular weight excluding hydrogens is 331 g/mol. The van der Waals surface area contributed by atoms with E-state index in [1.807, 2.05) is 0 Å². The third-order valence-electron chi connectivity index (χ3n) is 2.63. The molecule has 0 saturated heterocycles. The monoisotopic (exact) mass is 340 g/mol. The second-order valence-electron chi connectivity index (χ2n) is 4.19. The zero-order chi connectivity index (χ0) is 16.1. The van der Waals surface area contributed by atoms with E-state index >= 15 is 0 Å². The first kappa shape index (κ1) is 16.3. The van der Waals surface area contributed by atoms with Gasteiger partial charge in [0.2, 0.25) is 5.91 Å². The van der Waals surface area contributed by atoms with E-state index in [-0.39, 0.29) is 22.2 Å². The minimum Gasteiger partial charge on any atom is -0.324 e. The molecule has 0 aromatic heterocycles. The maximum absolute atomic E-state index is 13.4. The van der Waals surface area contributed by atoms with Gasteiger partial charge in [-0.3, -0.25) is 14.9 Å². The average Bonchev–Trinajstić information content (AvgIpc) is 2.48. The zero-order valence-corrected chi connectivity index (χ0v) is 12.7. The molecule has 1 N–H and O–H groups in total. The molecule has 114 valence electrons. The Hall–Kier alpha value is -2.12. The molecule has 2 aromatic rings. The van der Waals surface area contributed by atoms with E-state index in [0.29, 0.717) is 4.90 Å². The number of carbonyl (C=O) groups excluding carboxylic acids is 1. The number of halogens is 2. The van der Waals surface area contributed by atoms with Crippen molar-refractivity contribution in [2.75, 3.05) is 11.1 Å². The number of rotatable bonds is 5. The van der Waals surface area contributed by atoms with Gasteiger partial charge in [0.05, 0.1) is 21.4 Å². The number of thioether (sulfide) groups is 1. The Morgan fingerprint density at radius 2 is 2.05 bits per heavy atom. The first-order valence-electron chi connectivity index (χ1n) is 6.08. The largest absolute Gasteiger partial charge is 0.324 e. The summed E-state index contributed by atoms with van der Waals surface area (Å²) in [5.74, 6) is -0.885. The fourth-order valence-corrected chi connectivity index (χ4v) is 2.52. The van der Waals surface area contributed by atoms with Gasteiger partial charge in [0.25, 0.3) is 5.69 Å². The van der Waals surface area contributed by atoms with Crippen LogP contribution in [-0.2, 0) is 4.79 Å². The third-order valence-corrected chi connectivity index (χ3v) is 4.01. The number of carbonyl (C=O) groups is 1. The van der Waals surface area contributed by atoms with Gasteiger partial charge in [-0.25, -0.2) is 4.39 Å². The third kappa shape index (κ3) is 4.19. The van der Waals surface area contributed by atoms with Gasteiger partial charge in [0.15, 0.2) is 0 Å². The Kier molecular flexibility index (Phi) is 5.35. The highest BCUT2D eigenvalue weighted by Crippen LogP contribution is 2.27. The lowest BCUT2D eigenvalue weighted by Gasteiger charge is -2.07. The van der Waals surface area contributed by atoms with E-state index in [2.05, 4.69) is 5.32 Å².